The minimum absolute atomic E-state index is 0.159. The highest BCUT2D eigenvalue weighted by molar-refractivity contribution is 9.10. The topological polar surface area (TPSA) is 46.2 Å². The second kappa shape index (κ2) is 6.85. The zero-order valence-electron chi connectivity index (χ0n) is 11.0. The van der Waals surface area contributed by atoms with E-state index in [1.807, 2.05) is 17.5 Å². The largest absolute Gasteiger partial charge is 0.241 e. The first-order valence-corrected chi connectivity index (χ1v) is 9.50. The van der Waals surface area contributed by atoms with Gasteiger partial charge in [-0.1, -0.05) is 35.3 Å². The minimum atomic E-state index is -3.49. The zero-order valence-corrected chi connectivity index (χ0v) is 14.3. The second-order valence-corrected chi connectivity index (χ2v) is 8.04. The van der Waals surface area contributed by atoms with Gasteiger partial charge in [-0.3, -0.25) is 0 Å². The molecule has 1 heterocycles. The van der Waals surface area contributed by atoms with E-state index in [-0.39, 0.29) is 6.04 Å². The van der Waals surface area contributed by atoms with Crippen molar-refractivity contribution < 1.29 is 8.42 Å². The van der Waals surface area contributed by atoms with Gasteiger partial charge < -0.3 is 0 Å². The Hall–Kier alpha value is -0.690. The van der Waals surface area contributed by atoms with Crippen molar-refractivity contribution in [2.75, 3.05) is 0 Å². The molecule has 2 rings (SSSR count). The van der Waals surface area contributed by atoms with E-state index in [0.29, 0.717) is 4.90 Å². The molecule has 6 heteroatoms. The van der Waals surface area contributed by atoms with Gasteiger partial charge in [-0.25, -0.2) is 13.1 Å². The molecule has 0 spiro atoms. The molecular weight excluding hydrogens is 358 g/mol. The first kappa shape index (κ1) is 15.7. The van der Waals surface area contributed by atoms with Crippen molar-refractivity contribution in [1.29, 1.82) is 0 Å². The summed E-state index contributed by atoms with van der Waals surface area (Å²) in [6, 6.07) is 10.4. The van der Waals surface area contributed by atoms with Gasteiger partial charge in [0.25, 0.3) is 0 Å². The number of rotatable bonds is 6. The summed E-state index contributed by atoms with van der Waals surface area (Å²) in [5, 5.41) is 1.96. The normalized spacial score (nSPS) is 13.3. The lowest BCUT2D eigenvalue weighted by Gasteiger charge is -2.17. The summed E-state index contributed by atoms with van der Waals surface area (Å²) >= 11 is 4.88. The lowest BCUT2D eigenvalue weighted by atomic mass is 10.1. The first-order valence-electron chi connectivity index (χ1n) is 6.34. The molecule has 0 aliphatic heterocycles. The van der Waals surface area contributed by atoms with Gasteiger partial charge in [0.2, 0.25) is 10.0 Å². The van der Waals surface area contributed by atoms with Gasteiger partial charge in [0.05, 0.1) is 10.9 Å². The summed E-state index contributed by atoms with van der Waals surface area (Å²) in [5.74, 6) is 0. The number of sulfonamides is 1. The maximum Gasteiger partial charge on any atom is 0.241 e. The van der Waals surface area contributed by atoms with Gasteiger partial charge in [0.15, 0.2) is 0 Å². The van der Waals surface area contributed by atoms with Crippen molar-refractivity contribution in [1.82, 2.24) is 4.72 Å². The Bertz CT molecular complexity index is 636. The van der Waals surface area contributed by atoms with Gasteiger partial charge in [-0.15, -0.1) is 11.3 Å². The average molecular weight is 374 g/mol. The predicted octanol–water partition coefficient (Wildman–Crippen LogP) is 4.33. The fraction of sp³-hybridized carbons (Fsp3) is 0.286. The fourth-order valence-corrected chi connectivity index (χ4v) is 4.31. The van der Waals surface area contributed by atoms with Gasteiger partial charge >= 0.3 is 0 Å². The number of nitrogens with one attached hydrogen (secondary N) is 1. The first-order chi connectivity index (χ1) is 9.53. The van der Waals surface area contributed by atoms with Crippen molar-refractivity contribution in [2.24, 2.45) is 0 Å². The van der Waals surface area contributed by atoms with E-state index in [1.54, 1.807) is 35.6 Å². The van der Waals surface area contributed by atoms with E-state index in [4.69, 9.17) is 0 Å². The third kappa shape index (κ3) is 3.91. The molecule has 1 unspecified atom stereocenters. The molecule has 3 nitrogen and oxygen atoms in total. The van der Waals surface area contributed by atoms with Crippen LogP contribution >= 0.6 is 27.3 Å². The standard InChI is InChI=1S/C14H16BrNO2S2/c1-2-4-13(14-5-3-10-19-14)16-20(17,18)12-8-6-11(15)7-9-12/h3,5-10,13,16H,2,4H2,1H3. The van der Waals surface area contributed by atoms with Crippen molar-refractivity contribution in [3.05, 3.63) is 51.1 Å². The third-order valence-electron chi connectivity index (χ3n) is 2.89. The van der Waals surface area contributed by atoms with Crippen molar-refractivity contribution in [2.45, 2.75) is 30.7 Å². The molecule has 2 aromatic rings. The van der Waals surface area contributed by atoms with E-state index in [9.17, 15) is 8.42 Å². The maximum absolute atomic E-state index is 12.4. The average Bonchev–Trinajstić information content (AvgIpc) is 2.92. The molecule has 108 valence electrons. The number of hydrogen-bond donors (Lipinski definition) is 1. The van der Waals surface area contributed by atoms with Crippen molar-refractivity contribution in [3.63, 3.8) is 0 Å². The third-order valence-corrected chi connectivity index (χ3v) is 5.89. The lowest BCUT2D eigenvalue weighted by Crippen LogP contribution is -2.28. The molecule has 0 aliphatic rings. The van der Waals surface area contributed by atoms with Gasteiger partial charge in [-0.05, 0) is 42.1 Å². The molecule has 1 aromatic carbocycles. The monoisotopic (exact) mass is 373 g/mol. The highest BCUT2D eigenvalue weighted by atomic mass is 79.9. The van der Waals surface area contributed by atoms with E-state index < -0.39 is 10.0 Å². The molecule has 0 saturated heterocycles. The molecule has 20 heavy (non-hydrogen) atoms. The van der Waals surface area contributed by atoms with Crippen LogP contribution in [0, 0.1) is 0 Å². The summed E-state index contributed by atoms with van der Waals surface area (Å²) in [7, 11) is -3.49. The summed E-state index contributed by atoms with van der Waals surface area (Å²) in [5.41, 5.74) is 0. The number of hydrogen-bond acceptors (Lipinski definition) is 3. The highest BCUT2D eigenvalue weighted by Crippen LogP contribution is 2.25. The molecule has 0 bridgehead atoms. The smallest absolute Gasteiger partial charge is 0.207 e. The van der Waals surface area contributed by atoms with Crippen LogP contribution in [0.1, 0.15) is 30.7 Å². The Labute approximate surface area is 132 Å². The molecule has 0 fully saturated rings. The minimum Gasteiger partial charge on any atom is -0.207 e. The van der Waals surface area contributed by atoms with Gasteiger partial charge in [0.1, 0.15) is 0 Å². The number of halogens is 1. The van der Waals surface area contributed by atoms with Crippen LogP contribution in [0.5, 0.6) is 0 Å². The van der Waals surface area contributed by atoms with E-state index >= 15 is 0 Å². The zero-order chi connectivity index (χ0) is 14.6. The van der Waals surface area contributed by atoms with Gasteiger partial charge in [0, 0.05) is 9.35 Å². The Morgan fingerprint density at radius 1 is 1.25 bits per heavy atom. The quantitative estimate of drug-likeness (QED) is 0.818. The molecule has 1 aromatic heterocycles. The Morgan fingerprint density at radius 2 is 1.95 bits per heavy atom. The summed E-state index contributed by atoms with van der Waals surface area (Å²) < 4.78 is 28.5. The molecule has 0 aliphatic carbocycles. The van der Waals surface area contributed by atoms with Crippen LogP contribution in [-0.4, -0.2) is 8.42 Å². The molecular formula is C14H16BrNO2S2. The van der Waals surface area contributed by atoms with E-state index in [2.05, 4.69) is 27.6 Å². The van der Waals surface area contributed by atoms with E-state index in [1.165, 1.54) is 0 Å². The van der Waals surface area contributed by atoms with Crippen LogP contribution in [0.2, 0.25) is 0 Å². The predicted molar refractivity (Wildman–Crippen MR) is 86.4 cm³/mol. The van der Waals surface area contributed by atoms with Crippen LogP contribution < -0.4 is 4.72 Å². The van der Waals surface area contributed by atoms with Crippen molar-refractivity contribution >= 4 is 37.3 Å². The van der Waals surface area contributed by atoms with Gasteiger partial charge in [-0.2, -0.15) is 0 Å². The molecule has 0 saturated carbocycles. The Kier molecular flexibility index (Phi) is 5.37. The number of thiophene rings is 1. The molecule has 1 N–H and O–H groups in total. The second-order valence-electron chi connectivity index (χ2n) is 4.43. The lowest BCUT2D eigenvalue weighted by molar-refractivity contribution is 0.540. The summed E-state index contributed by atoms with van der Waals surface area (Å²) in [6.45, 7) is 2.05. The summed E-state index contributed by atoms with van der Waals surface area (Å²) in [6.07, 6.45) is 1.71. The SMILES string of the molecule is CCCC(NS(=O)(=O)c1ccc(Br)cc1)c1cccs1. The van der Waals surface area contributed by atoms with Crippen LogP contribution in [0.25, 0.3) is 0 Å². The highest BCUT2D eigenvalue weighted by Gasteiger charge is 2.21. The van der Waals surface area contributed by atoms with Crippen LogP contribution in [0.4, 0.5) is 0 Å². The molecule has 0 amide bonds. The summed E-state index contributed by atoms with van der Waals surface area (Å²) in [4.78, 5) is 1.34. The van der Waals surface area contributed by atoms with E-state index in [0.717, 1.165) is 22.2 Å². The van der Waals surface area contributed by atoms with Crippen molar-refractivity contribution in [3.8, 4) is 0 Å². The number of benzene rings is 1. The molecule has 0 radical (unpaired) electrons. The fourth-order valence-electron chi connectivity index (χ4n) is 1.91. The molecule has 1 atom stereocenters. The Balaban J connectivity index is 2.23. The van der Waals surface area contributed by atoms with Crippen LogP contribution in [-0.2, 0) is 10.0 Å². The maximum atomic E-state index is 12.4. The van der Waals surface area contributed by atoms with Crippen LogP contribution in [0.3, 0.4) is 0 Å². The van der Waals surface area contributed by atoms with Crippen LogP contribution in [0.15, 0.2) is 51.1 Å². The Morgan fingerprint density at radius 3 is 2.50 bits per heavy atom.